The van der Waals surface area contributed by atoms with E-state index in [0.717, 1.165) is 17.2 Å². The summed E-state index contributed by atoms with van der Waals surface area (Å²) in [5.41, 5.74) is -0.705. The minimum absolute atomic E-state index is 0.156. The van der Waals surface area contributed by atoms with E-state index in [1.54, 1.807) is 53.4 Å². The molecule has 1 aliphatic rings. The Bertz CT molecular complexity index is 1850. The molecule has 1 fully saturated rings. The van der Waals surface area contributed by atoms with Crippen LogP contribution in [0.4, 0.5) is 24.5 Å². The number of aliphatic hydroxyl groups is 1. The molecule has 3 amide bonds. The Morgan fingerprint density at radius 2 is 1.52 bits per heavy atom. The van der Waals surface area contributed by atoms with E-state index in [1.807, 2.05) is 30.3 Å². The number of likely N-dealkylation sites (tertiary alicyclic amines) is 1. The Labute approximate surface area is 275 Å². The largest absolute Gasteiger partial charge is 0.417 e. The second-order valence-corrected chi connectivity index (χ2v) is 11.8. The van der Waals surface area contributed by atoms with Crippen molar-refractivity contribution in [1.82, 2.24) is 4.90 Å². The maximum atomic E-state index is 13.9. The standard InChI is InChI=1S/C37H33F3N4O4/c1-24(45)42-31-13-10-26(11-14-31)28-9-5-6-25(20-28)22-36(48,30-16-18-44(19-17-30)34(46)27-7-3-2-4-8-27)35(47)43-32-15-12-29(23-41)33(21-32)37(38,39)40/h2-15,20-21,30,48H,16-19,22H2,1H3,(H,42,45)(H,43,47). The average Bonchev–Trinajstić information content (AvgIpc) is 3.08. The summed E-state index contributed by atoms with van der Waals surface area (Å²) in [6.45, 7) is 1.95. The number of carbonyl (C=O) groups excluding carboxylic acids is 3. The lowest BCUT2D eigenvalue weighted by atomic mass is 9.75. The third-order valence-electron chi connectivity index (χ3n) is 8.51. The normalized spacial score (nSPS) is 14.8. The van der Waals surface area contributed by atoms with Crippen LogP contribution in [-0.4, -0.2) is 46.4 Å². The van der Waals surface area contributed by atoms with E-state index >= 15 is 0 Å². The number of rotatable bonds is 8. The third kappa shape index (κ3) is 7.73. The summed E-state index contributed by atoms with van der Waals surface area (Å²) in [7, 11) is 0. The zero-order valence-corrected chi connectivity index (χ0v) is 26.1. The topological polar surface area (TPSA) is 123 Å². The molecule has 5 rings (SSSR count). The molecule has 0 spiro atoms. The van der Waals surface area contributed by atoms with Gasteiger partial charge in [-0.05, 0) is 72.0 Å². The summed E-state index contributed by atoms with van der Waals surface area (Å²) in [6, 6.07) is 27.5. The number of hydrogen-bond acceptors (Lipinski definition) is 5. The predicted octanol–water partition coefficient (Wildman–Crippen LogP) is 6.67. The second-order valence-electron chi connectivity index (χ2n) is 11.8. The van der Waals surface area contributed by atoms with E-state index in [9.17, 15) is 37.9 Å². The highest BCUT2D eigenvalue weighted by molar-refractivity contribution is 5.98. The summed E-state index contributed by atoms with van der Waals surface area (Å²) in [5.74, 6) is -1.90. The molecule has 1 saturated heterocycles. The number of alkyl halides is 3. The fraction of sp³-hybridized carbons (Fsp3) is 0.243. The molecule has 0 saturated carbocycles. The molecule has 0 bridgehead atoms. The lowest BCUT2D eigenvalue weighted by Gasteiger charge is -2.40. The van der Waals surface area contributed by atoms with Gasteiger partial charge in [0, 0.05) is 49.3 Å². The lowest BCUT2D eigenvalue weighted by molar-refractivity contribution is -0.142. The van der Waals surface area contributed by atoms with Crippen LogP contribution in [0.1, 0.15) is 46.8 Å². The monoisotopic (exact) mass is 654 g/mol. The van der Waals surface area contributed by atoms with E-state index in [-0.39, 0.29) is 49.9 Å². The van der Waals surface area contributed by atoms with Crippen molar-refractivity contribution in [3.05, 3.63) is 119 Å². The van der Waals surface area contributed by atoms with Gasteiger partial charge in [-0.2, -0.15) is 18.4 Å². The lowest BCUT2D eigenvalue weighted by Crippen LogP contribution is -2.54. The average molecular weight is 655 g/mol. The van der Waals surface area contributed by atoms with E-state index in [2.05, 4.69) is 10.6 Å². The highest BCUT2D eigenvalue weighted by Crippen LogP contribution is 2.36. The summed E-state index contributed by atoms with van der Waals surface area (Å²) >= 11 is 0. The van der Waals surface area contributed by atoms with Crippen LogP contribution in [-0.2, 0) is 22.2 Å². The first-order valence-corrected chi connectivity index (χ1v) is 15.3. The molecule has 3 N–H and O–H groups in total. The number of nitrogens with zero attached hydrogens (tertiary/aromatic N) is 2. The van der Waals surface area contributed by atoms with Gasteiger partial charge in [0.25, 0.3) is 11.8 Å². The second kappa shape index (κ2) is 14.1. The Kier molecular flexibility index (Phi) is 9.96. The third-order valence-corrected chi connectivity index (χ3v) is 8.51. The number of anilines is 2. The molecule has 8 nitrogen and oxygen atoms in total. The Morgan fingerprint density at radius 1 is 0.854 bits per heavy atom. The molecule has 11 heteroatoms. The van der Waals surface area contributed by atoms with Crippen molar-refractivity contribution >= 4 is 29.1 Å². The molecule has 1 aliphatic heterocycles. The molecule has 246 valence electrons. The van der Waals surface area contributed by atoms with E-state index < -0.39 is 34.7 Å². The molecule has 4 aromatic rings. The van der Waals surface area contributed by atoms with Gasteiger partial charge in [-0.15, -0.1) is 0 Å². The smallest absolute Gasteiger partial charge is 0.379 e. The molecule has 0 aromatic heterocycles. The van der Waals surface area contributed by atoms with Gasteiger partial charge in [-0.3, -0.25) is 14.4 Å². The Balaban J connectivity index is 1.43. The van der Waals surface area contributed by atoms with Gasteiger partial charge in [0.2, 0.25) is 5.91 Å². The first kappa shape index (κ1) is 33.9. The number of amides is 3. The number of benzene rings is 4. The zero-order chi connectivity index (χ0) is 34.5. The van der Waals surface area contributed by atoms with Crippen molar-refractivity contribution in [3.8, 4) is 17.2 Å². The van der Waals surface area contributed by atoms with Crippen LogP contribution in [0.25, 0.3) is 11.1 Å². The quantitative estimate of drug-likeness (QED) is 0.196. The molecule has 1 atom stereocenters. The van der Waals surface area contributed by atoms with Crippen LogP contribution >= 0.6 is 0 Å². The molecule has 0 radical (unpaired) electrons. The van der Waals surface area contributed by atoms with Gasteiger partial charge >= 0.3 is 6.18 Å². The number of piperidine rings is 1. The minimum Gasteiger partial charge on any atom is -0.379 e. The van der Waals surface area contributed by atoms with E-state index in [0.29, 0.717) is 22.9 Å². The molecule has 1 heterocycles. The fourth-order valence-electron chi connectivity index (χ4n) is 6.05. The first-order chi connectivity index (χ1) is 22.9. The fourth-order valence-corrected chi connectivity index (χ4v) is 6.05. The molecular formula is C37H33F3N4O4. The van der Waals surface area contributed by atoms with Crippen LogP contribution in [0, 0.1) is 17.2 Å². The van der Waals surface area contributed by atoms with Crippen LogP contribution in [0.5, 0.6) is 0 Å². The van der Waals surface area contributed by atoms with Gasteiger partial charge < -0.3 is 20.6 Å². The SMILES string of the molecule is CC(=O)Nc1ccc(-c2cccc(CC(O)(C(=O)Nc3ccc(C#N)c(C(F)(F)F)c3)C3CCN(C(=O)c4ccccc4)CC3)c2)cc1. The van der Waals surface area contributed by atoms with Crippen molar-refractivity contribution in [2.45, 2.75) is 38.0 Å². The van der Waals surface area contributed by atoms with Gasteiger partial charge in [-0.1, -0.05) is 54.6 Å². The van der Waals surface area contributed by atoms with Crippen molar-refractivity contribution in [3.63, 3.8) is 0 Å². The van der Waals surface area contributed by atoms with Crippen molar-refractivity contribution in [2.75, 3.05) is 23.7 Å². The Hall–Kier alpha value is -5.47. The molecule has 48 heavy (non-hydrogen) atoms. The summed E-state index contributed by atoms with van der Waals surface area (Å²) in [4.78, 5) is 40.1. The molecule has 1 unspecified atom stereocenters. The van der Waals surface area contributed by atoms with Gasteiger partial charge in [0.1, 0.15) is 5.60 Å². The maximum Gasteiger partial charge on any atom is 0.417 e. The van der Waals surface area contributed by atoms with Crippen molar-refractivity contribution in [1.29, 1.82) is 5.26 Å². The number of nitriles is 1. The van der Waals surface area contributed by atoms with Gasteiger partial charge in [0.05, 0.1) is 17.2 Å². The predicted molar refractivity (Wildman–Crippen MR) is 175 cm³/mol. The van der Waals surface area contributed by atoms with Crippen molar-refractivity contribution in [2.24, 2.45) is 5.92 Å². The van der Waals surface area contributed by atoms with Crippen LogP contribution in [0.15, 0.2) is 97.1 Å². The summed E-state index contributed by atoms with van der Waals surface area (Å²) < 4.78 is 41.0. The van der Waals surface area contributed by atoms with Crippen LogP contribution in [0.3, 0.4) is 0 Å². The summed E-state index contributed by atoms with van der Waals surface area (Å²) in [5, 5.41) is 26.6. The summed E-state index contributed by atoms with van der Waals surface area (Å²) in [6.07, 6.45) is -4.45. The van der Waals surface area contributed by atoms with E-state index in [4.69, 9.17) is 0 Å². The first-order valence-electron chi connectivity index (χ1n) is 15.3. The minimum atomic E-state index is -4.83. The van der Waals surface area contributed by atoms with Gasteiger partial charge in [-0.25, -0.2) is 0 Å². The number of halogens is 3. The number of carbonyl (C=O) groups is 3. The molecular weight excluding hydrogens is 621 g/mol. The van der Waals surface area contributed by atoms with E-state index in [1.165, 1.54) is 19.1 Å². The van der Waals surface area contributed by atoms with Crippen LogP contribution < -0.4 is 10.6 Å². The van der Waals surface area contributed by atoms with Crippen LogP contribution in [0.2, 0.25) is 0 Å². The molecule has 4 aromatic carbocycles. The molecule has 0 aliphatic carbocycles. The number of nitrogens with one attached hydrogen (secondary N) is 2. The Morgan fingerprint density at radius 3 is 2.15 bits per heavy atom. The highest BCUT2D eigenvalue weighted by atomic mass is 19.4. The zero-order valence-electron chi connectivity index (χ0n) is 26.1. The van der Waals surface area contributed by atoms with Gasteiger partial charge in [0.15, 0.2) is 0 Å². The maximum absolute atomic E-state index is 13.9. The highest BCUT2D eigenvalue weighted by Gasteiger charge is 2.46. The van der Waals surface area contributed by atoms with Crippen molar-refractivity contribution < 1.29 is 32.7 Å². The number of hydrogen-bond donors (Lipinski definition) is 3.